The van der Waals surface area contributed by atoms with Gasteiger partial charge in [0, 0.05) is 6.04 Å². The van der Waals surface area contributed by atoms with Gasteiger partial charge >= 0.3 is 0 Å². The van der Waals surface area contributed by atoms with Crippen LogP contribution < -0.4 is 11.1 Å². The molecule has 0 radical (unpaired) electrons. The Bertz CT molecular complexity index is 590. The zero-order valence-electron chi connectivity index (χ0n) is 12.0. The first-order valence-corrected chi connectivity index (χ1v) is 7.53. The van der Waals surface area contributed by atoms with Gasteiger partial charge in [-0.1, -0.05) is 31.4 Å². The zero-order chi connectivity index (χ0) is 13.9. The molecule has 4 nitrogen and oxygen atoms in total. The van der Waals surface area contributed by atoms with E-state index in [1.54, 1.807) is 0 Å². The molecule has 1 aliphatic carbocycles. The molecule has 0 bridgehead atoms. The Morgan fingerprint density at radius 2 is 1.75 bits per heavy atom. The van der Waals surface area contributed by atoms with Gasteiger partial charge in [0.05, 0.1) is 11.0 Å². The van der Waals surface area contributed by atoms with E-state index in [1.165, 1.54) is 32.1 Å². The lowest BCUT2D eigenvalue weighted by molar-refractivity contribution is 0.328. The Morgan fingerprint density at radius 3 is 2.45 bits per heavy atom. The molecule has 2 aromatic rings. The molecular weight excluding hydrogens is 248 g/mol. The fraction of sp³-hybridized carbons (Fsp3) is 0.500. The van der Waals surface area contributed by atoms with Crippen molar-refractivity contribution in [2.75, 3.05) is 11.1 Å². The number of nitrogen functional groups attached to an aromatic ring is 1. The molecule has 1 aliphatic rings. The van der Waals surface area contributed by atoms with Gasteiger partial charge in [0.25, 0.3) is 0 Å². The van der Waals surface area contributed by atoms with E-state index >= 15 is 0 Å². The van der Waals surface area contributed by atoms with Crippen molar-refractivity contribution in [3.8, 4) is 0 Å². The van der Waals surface area contributed by atoms with Crippen molar-refractivity contribution in [3.63, 3.8) is 0 Å². The maximum Gasteiger partial charge on any atom is 0.169 e. The van der Waals surface area contributed by atoms with E-state index in [4.69, 9.17) is 5.73 Å². The van der Waals surface area contributed by atoms with E-state index in [9.17, 15) is 0 Å². The highest BCUT2D eigenvalue weighted by atomic mass is 15.1. The van der Waals surface area contributed by atoms with Crippen LogP contribution in [0.15, 0.2) is 24.3 Å². The van der Waals surface area contributed by atoms with Crippen molar-refractivity contribution in [2.45, 2.75) is 45.1 Å². The van der Waals surface area contributed by atoms with Crippen molar-refractivity contribution in [1.82, 2.24) is 9.97 Å². The lowest BCUT2D eigenvalue weighted by atomic mass is 9.84. The quantitative estimate of drug-likeness (QED) is 0.894. The van der Waals surface area contributed by atoms with Gasteiger partial charge in [-0.3, -0.25) is 0 Å². The molecular formula is C16H22N4. The van der Waals surface area contributed by atoms with E-state index in [1.807, 2.05) is 24.3 Å². The largest absolute Gasteiger partial charge is 0.381 e. The van der Waals surface area contributed by atoms with E-state index in [2.05, 4.69) is 22.2 Å². The third-order valence-corrected chi connectivity index (χ3v) is 4.32. The summed E-state index contributed by atoms with van der Waals surface area (Å²) >= 11 is 0. The second-order valence-corrected chi connectivity index (χ2v) is 5.78. The van der Waals surface area contributed by atoms with Gasteiger partial charge in [0.2, 0.25) is 0 Å². The maximum atomic E-state index is 6.03. The highest BCUT2D eigenvalue weighted by Gasteiger charge is 2.21. The fourth-order valence-corrected chi connectivity index (χ4v) is 3.09. The van der Waals surface area contributed by atoms with Gasteiger partial charge in [-0.15, -0.1) is 0 Å². The average molecular weight is 270 g/mol. The smallest absolute Gasteiger partial charge is 0.169 e. The summed E-state index contributed by atoms with van der Waals surface area (Å²) in [6.45, 7) is 2.23. The number of rotatable bonds is 3. The summed E-state index contributed by atoms with van der Waals surface area (Å²) in [5, 5.41) is 3.47. The lowest BCUT2D eigenvalue weighted by Gasteiger charge is -2.28. The number of hydrogen-bond acceptors (Lipinski definition) is 4. The number of anilines is 2. The molecule has 20 heavy (non-hydrogen) atoms. The molecule has 1 saturated carbocycles. The molecule has 1 atom stereocenters. The molecule has 1 unspecified atom stereocenters. The summed E-state index contributed by atoms with van der Waals surface area (Å²) in [5.74, 6) is 1.93. The minimum Gasteiger partial charge on any atom is -0.381 e. The normalized spacial score (nSPS) is 18.1. The molecule has 3 rings (SSSR count). The van der Waals surface area contributed by atoms with E-state index in [-0.39, 0.29) is 0 Å². The summed E-state index contributed by atoms with van der Waals surface area (Å²) in [7, 11) is 0. The number of hydrogen-bond donors (Lipinski definition) is 2. The molecule has 0 saturated heterocycles. The molecule has 1 heterocycles. The van der Waals surface area contributed by atoms with Crippen LogP contribution in [0.3, 0.4) is 0 Å². The SMILES string of the molecule is CC(Nc1nc2ccccc2nc1N)C1CCCCC1. The van der Waals surface area contributed by atoms with E-state index in [0.29, 0.717) is 11.9 Å². The lowest BCUT2D eigenvalue weighted by Crippen LogP contribution is -2.28. The van der Waals surface area contributed by atoms with Crippen LogP contribution in [-0.2, 0) is 0 Å². The molecule has 106 valence electrons. The number of nitrogens with zero attached hydrogens (tertiary/aromatic N) is 2. The minimum atomic E-state index is 0.396. The molecule has 0 spiro atoms. The fourth-order valence-electron chi connectivity index (χ4n) is 3.09. The zero-order valence-corrected chi connectivity index (χ0v) is 12.0. The second kappa shape index (κ2) is 5.65. The van der Waals surface area contributed by atoms with Crippen molar-refractivity contribution in [1.29, 1.82) is 0 Å². The highest BCUT2D eigenvalue weighted by molar-refractivity contribution is 5.79. The Kier molecular flexibility index (Phi) is 3.72. The van der Waals surface area contributed by atoms with E-state index < -0.39 is 0 Å². The predicted molar refractivity (Wildman–Crippen MR) is 83.6 cm³/mol. The molecule has 4 heteroatoms. The van der Waals surface area contributed by atoms with Crippen molar-refractivity contribution in [3.05, 3.63) is 24.3 Å². The average Bonchev–Trinajstić information content (AvgIpc) is 2.49. The van der Waals surface area contributed by atoms with Gasteiger partial charge in [0.15, 0.2) is 11.6 Å². The van der Waals surface area contributed by atoms with Crippen LogP contribution in [0.25, 0.3) is 11.0 Å². The van der Waals surface area contributed by atoms with Crippen molar-refractivity contribution < 1.29 is 0 Å². The molecule has 1 aromatic carbocycles. The van der Waals surface area contributed by atoms with Crippen LogP contribution in [0, 0.1) is 5.92 Å². The first kappa shape index (κ1) is 13.2. The Morgan fingerprint density at radius 1 is 1.10 bits per heavy atom. The predicted octanol–water partition coefficient (Wildman–Crippen LogP) is 3.59. The number of fused-ring (bicyclic) bond motifs is 1. The summed E-state index contributed by atoms with van der Waals surface area (Å²) < 4.78 is 0. The number of benzene rings is 1. The summed E-state index contributed by atoms with van der Waals surface area (Å²) in [4.78, 5) is 9.04. The molecule has 1 aromatic heterocycles. The third-order valence-electron chi connectivity index (χ3n) is 4.32. The second-order valence-electron chi connectivity index (χ2n) is 5.78. The summed E-state index contributed by atoms with van der Waals surface area (Å²) in [6, 6.07) is 8.23. The number of nitrogens with one attached hydrogen (secondary N) is 1. The molecule has 0 amide bonds. The number of aromatic nitrogens is 2. The van der Waals surface area contributed by atoms with Gasteiger partial charge in [-0.2, -0.15) is 0 Å². The molecule has 1 fully saturated rings. The first-order valence-electron chi connectivity index (χ1n) is 7.53. The standard InChI is InChI=1S/C16H22N4/c1-11(12-7-3-2-4-8-12)18-16-15(17)19-13-9-5-6-10-14(13)20-16/h5-6,9-12H,2-4,7-8H2,1H3,(H2,17,19)(H,18,20). The summed E-state index contributed by atoms with van der Waals surface area (Å²) in [6.07, 6.45) is 6.66. The number of nitrogens with two attached hydrogens (primary N) is 1. The molecule has 0 aliphatic heterocycles. The summed E-state index contributed by atoms with van der Waals surface area (Å²) in [5.41, 5.74) is 7.77. The van der Waals surface area contributed by atoms with E-state index in [0.717, 1.165) is 22.8 Å². The van der Waals surface area contributed by atoms with Crippen LogP contribution in [-0.4, -0.2) is 16.0 Å². The van der Waals surface area contributed by atoms with Gasteiger partial charge in [-0.25, -0.2) is 9.97 Å². The van der Waals surface area contributed by atoms with Crippen molar-refractivity contribution >= 4 is 22.7 Å². The minimum absolute atomic E-state index is 0.396. The van der Waals surface area contributed by atoms with Crippen molar-refractivity contribution in [2.24, 2.45) is 5.92 Å². The van der Waals surface area contributed by atoms with Crippen LogP contribution in [0.5, 0.6) is 0 Å². The van der Waals surface area contributed by atoms with Crippen LogP contribution >= 0.6 is 0 Å². The van der Waals surface area contributed by atoms with Gasteiger partial charge < -0.3 is 11.1 Å². The van der Waals surface area contributed by atoms with Crippen LogP contribution in [0.2, 0.25) is 0 Å². The monoisotopic (exact) mass is 270 g/mol. The van der Waals surface area contributed by atoms with Crippen LogP contribution in [0.1, 0.15) is 39.0 Å². The Balaban J connectivity index is 1.80. The topological polar surface area (TPSA) is 63.8 Å². The first-order chi connectivity index (χ1) is 9.74. The van der Waals surface area contributed by atoms with Crippen LogP contribution in [0.4, 0.5) is 11.6 Å². The maximum absolute atomic E-state index is 6.03. The van der Waals surface area contributed by atoms with Gasteiger partial charge in [-0.05, 0) is 37.8 Å². The Hall–Kier alpha value is -1.84. The van der Waals surface area contributed by atoms with Gasteiger partial charge in [0.1, 0.15) is 0 Å². The number of para-hydroxylation sites is 2. The Labute approximate surface area is 119 Å². The highest BCUT2D eigenvalue weighted by Crippen LogP contribution is 2.29. The third kappa shape index (κ3) is 2.69. The molecule has 3 N–H and O–H groups in total.